The molecular formula is C13H8BrF3N2O. The number of hydrogen-bond acceptors (Lipinski definition) is 3. The quantitative estimate of drug-likeness (QED) is 0.651. The summed E-state index contributed by atoms with van der Waals surface area (Å²) in [5.74, 6) is -0.292. The van der Waals surface area contributed by atoms with Crippen molar-refractivity contribution >= 4 is 27.3 Å². The normalized spacial score (nSPS) is 11.8. The van der Waals surface area contributed by atoms with Crippen LogP contribution in [0.4, 0.5) is 24.5 Å². The van der Waals surface area contributed by atoms with E-state index in [2.05, 4.69) is 30.9 Å². The zero-order valence-electron chi connectivity index (χ0n) is 9.93. The van der Waals surface area contributed by atoms with E-state index in [1.165, 1.54) is 24.3 Å². The van der Waals surface area contributed by atoms with E-state index in [0.717, 1.165) is 4.47 Å². The van der Waals surface area contributed by atoms with Gasteiger partial charge in [-0.2, -0.15) is 10.2 Å². The smallest absolute Gasteiger partial charge is 0.406 e. The molecule has 0 aliphatic heterocycles. The van der Waals surface area contributed by atoms with Crippen LogP contribution < -0.4 is 4.74 Å². The number of hydrogen-bond donors (Lipinski definition) is 0. The van der Waals surface area contributed by atoms with Gasteiger partial charge in [-0.1, -0.05) is 15.9 Å². The van der Waals surface area contributed by atoms with Crippen molar-refractivity contribution in [1.29, 1.82) is 0 Å². The average molecular weight is 345 g/mol. The van der Waals surface area contributed by atoms with Gasteiger partial charge in [0.1, 0.15) is 5.75 Å². The fourth-order valence-corrected chi connectivity index (χ4v) is 1.60. The molecule has 0 atom stereocenters. The molecule has 2 aromatic carbocycles. The van der Waals surface area contributed by atoms with Gasteiger partial charge in [-0.25, -0.2) is 0 Å². The van der Waals surface area contributed by atoms with Crippen LogP contribution in [-0.4, -0.2) is 6.36 Å². The minimum Gasteiger partial charge on any atom is -0.406 e. The second-order valence-electron chi connectivity index (χ2n) is 3.72. The minimum atomic E-state index is -4.69. The van der Waals surface area contributed by atoms with E-state index in [9.17, 15) is 13.2 Å². The SMILES string of the molecule is FC(F)(F)Oc1ccc(N=Nc2ccc(Br)cc2)cc1. The van der Waals surface area contributed by atoms with E-state index >= 15 is 0 Å². The summed E-state index contributed by atoms with van der Waals surface area (Å²) in [5.41, 5.74) is 1.08. The first-order valence-electron chi connectivity index (χ1n) is 5.45. The van der Waals surface area contributed by atoms with Gasteiger partial charge in [-0.15, -0.1) is 13.2 Å². The van der Waals surface area contributed by atoms with Crippen LogP contribution in [0.3, 0.4) is 0 Å². The largest absolute Gasteiger partial charge is 0.573 e. The van der Waals surface area contributed by atoms with Crippen LogP contribution in [0.5, 0.6) is 5.75 Å². The Morgan fingerprint density at radius 1 is 0.800 bits per heavy atom. The summed E-state index contributed by atoms with van der Waals surface area (Å²) in [5, 5.41) is 7.88. The third-order valence-corrected chi connectivity index (χ3v) is 2.71. The molecule has 0 heterocycles. The lowest BCUT2D eigenvalue weighted by atomic mass is 10.3. The molecule has 2 rings (SSSR count). The summed E-state index contributed by atoms with van der Waals surface area (Å²) in [4.78, 5) is 0. The Balaban J connectivity index is 2.05. The van der Waals surface area contributed by atoms with Crippen molar-refractivity contribution in [3.63, 3.8) is 0 Å². The van der Waals surface area contributed by atoms with Gasteiger partial charge in [0.2, 0.25) is 0 Å². The molecule has 20 heavy (non-hydrogen) atoms. The third kappa shape index (κ3) is 4.65. The second kappa shape index (κ2) is 6.04. The van der Waals surface area contributed by atoms with Crippen molar-refractivity contribution in [1.82, 2.24) is 0 Å². The molecule has 0 saturated carbocycles. The molecule has 0 amide bonds. The molecule has 2 aromatic rings. The van der Waals surface area contributed by atoms with E-state index in [1.54, 1.807) is 12.1 Å². The Bertz CT molecular complexity index is 595. The van der Waals surface area contributed by atoms with Crippen molar-refractivity contribution in [2.75, 3.05) is 0 Å². The Kier molecular flexibility index (Phi) is 4.39. The van der Waals surface area contributed by atoms with E-state index in [-0.39, 0.29) is 5.75 Å². The summed E-state index contributed by atoms with van der Waals surface area (Å²) < 4.78 is 40.6. The Labute approximate surface area is 121 Å². The van der Waals surface area contributed by atoms with Crippen LogP contribution in [0.1, 0.15) is 0 Å². The molecule has 3 nitrogen and oxygen atoms in total. The Hall–Kier alpha value is -1.89. The summed E-state index contributed by atoms with van der Waals surface area (Å²) >= 11 is 3.30. The number of halogens is 4. The van der Waals surface area contributed by atoms with E-state index < -0.39 is 6.36 Å². The highest BCUT2D eigenvalue weighted by Crippen LogP contribution is 2.26. The van der Waals surface area contributed by atoms with Crippen molar-refractivity contribution in [3.8, 4) is 5.75 Å². The first-order chi connectivity index (χ1) is 9.42. The monoisotopic (exact) mass is 344 g/mol. The molecule has 7 heteroatoms. The third-order valence-electron chi connectivity index (χ3n) is 2.18. The summed E-state index contributed by atoms with van der Waals surface area (Å²) in [6.07, 6.45) is -4.69. The summed E-state index contributed by atoms with van der Waals surface area (Å²) in [6.45, 7) is 0. The predicted octanol–water partition coefficient (Wildman–Crippen LogP) is 5.76. The summed E-state index contributed by atoms with van der Waals surface area (Å²) in [7, 11) is 0. The highest BCUT2D eigenvalue weighted by atomic mass is 79.9. The Morgan fingerprint density at radius 3 is 1.70 bits per heavy atom. The van der Waals surface area contributed by atoms with Gasteiger partial charge < -0.3 is 4.74 Å². The highest BCUT2D eigenvalue weighted by Gasteiger charge is 2.30. The van der Waals surface area contributed by atoms with Crippen LogP contribution in [0.25, 0.3) is 0 Å². The first kappa shape index (κ1) is 14.5. The summed E-state index contributed by atoms with van der Waals surface area (Å²) in [6, 6.07) is 12.3. The highest BCUT2D eigenvalue weighted by molar-refractivity contribution is 9.10. The Morgan fingerprint density at radius 2 is 1.25 bits per heavy atom. The lowest BCUT2D eigenvalue weighted by Gasteiger charge is -2.07. The molecular weight excluding hydrogens is 337 g/mol. The van der Waals surface area contributed by atoms with E-state index in [1.807, 2.05) is 12.1 Å². The topological polar surface area (TPSA) is 34.0 Å². The average Bonchev–Trinajstić information content (AvgIpc) is 2.38. The van der Waals surface area contributed by atoms with E-state index in [0.29, 0.717) is 11.4 Å². The number of ether oxygens (including phenoxy) is 1. The van der Waals surface area contributed by atoms with Gasteiger partial charge in [0, 0.05) is 4.47 Å². The molecule has 0 unspecified atom stereocenters. The minimum absolute atomic E-state index is 0.292. The molecule has 0 radical (unpaired) electrons. The van der Waals surface area contributed by atoms with Crippen LogP contribution in [0, 0.1) is 0 Å². The van der Waals surface area contributed by atoms with Gasteiger partial charge in [0.15, 0.2) is 0 Å². The van der Waals surface area contributed by atoms with Crippen molar-refractivity contribution in [2.45, 2.75) is 6.36 Å². The van der Waals surface area contributed by atoms with Gasteiger partial charge in [0.25, 0.3) is 0 Å². The fraction of sp³-hybridized carbons (Fsp3) is 0.0769. The predicted molar refractivity (Wildman–Crippen MR) is 71.4 cm³/mol. The van der Waals surface area contributed by atoms with E-state index in [4.69, 9.17) is 0 Å². The van der Waals surface area contributed by atoms with Crippen LogP contribution >= 0.6 is 15.9 Å². The molecule has 0 aliphatic carbocycles. The molecule has 0 aromatic heterocycles. The molecule has 0 saturated heterocycles. The van der Waals surface area contributed by atoms with Crippen LogP contribution in [0.2, 0.25) is 0 Å². The van der Waals surface area contributed by atoms with Gasteiger partial charge >= 0.3 is 6.36 Å². The molecule has 0 bridgehead atoms. The van der Waals surface area contributed by atoms with Gasteiger partial charge in [-0.3, -0.25) is 0 Å². The molecule has 104 valence electrons. The molecule has 0 fully saturated rings. The van der Waals surface area contributed by atoms with Crippen molar-refractivity contribution < 1.29 is 17.9 Å². The molecule has 0 spiro atoms. The van der Waals surface area contributed by atoms with Crippen molar-refractivity contribution in [3.05, 3.63) is 53.0 Å². The maximum absolute atomic E-state index is 12.0. The number of nitrogens with zero attached hydrogens (tertiary/aromatic N) is 2. The zero-order valence-corrected chi connectivity index (χ0v) is 11.5. The van der Waals surface area contributed by atoms with Gasteiger partial charge in [0.05, 0.1) is 11.4 Å². The number of alkyl halides is 3. The second-order valence-corrected chi connectivity index (χ2v) is 4.63. The standard InChI is InChI=1S/C13H8BrF3N2O/c14-9-1-3-10(4-2-9)18-19-11-5-7-12(8-6-11)20-13(15,16)17/h1-8H. The zero-order chi connectivity index (χ0) is 14.6. The van der Waals surface area contributed by atoms with Crippen molar-refractivity contribution in [2.24, 2.45) is 10.2 Å². The maximum Gasteiger partial charge on any atom is 0.573 e. The number of benzene rings is 2. The molecule has 0 N–H and O–H groups in total. The first-order valence-corrected chi connectivity index (χ1v) is 6.25. The maximum atomic E-state index is 12.0. The fourth-order valence-electron chi connectivity index (χ4n) is 1.34. The van der Waals surface area contributed by atoms with Crippen LogP contribution in [0.15, 0.2) is 63.2 Å². The molecule has 0 aliphatic rings. The van der Waals surface area contributed by atoms with Gasteiger partial charge in [-0.05, 0) is 48.5 Å². The van der Waals surface area contributed by atoms with Crippen LogP contribution in [-0.2, 0) is 0 Å². The lowest BCUT2D eigenvalue weighted by Crippen LogP contribution is -2.16. The number of azo groups is 1. The number of rotatable bonds is 3. The lowest BCUT2D eigenvalue weighted by molar-refractivity contribution is -0.274.